The van der Waals surface area contributed by atoms with Crippen molar-refractivity contribution in [2.24, 2.45) is 0 Å². The molecule has 0 aliphatic carbocycles. The van der Waals surface area contributed by atoms with Crippen molar-refractivity contribution in [3.8, 4) is 5.75 Å². The lowest BCUT2D eigenvalue weighted by atomic mass is 9.95. The summed E-state index contributed by atoms with van der Waals surface area (Å²) >= 11 is 0. The lowest BCUT2D eigenvalue weighted by molar-refractivity contribution is 0.108. The minimum absolute atomic E-state index is 0.431. The first kappa shape index (κ1) is 11.5. The molecule has 0 aliphatic heterocycles. The van der Waals surface area contributed by atoms with Gasteiger partial charge < -0.3 is 9.53 Å². The number of benzene rings is 2. The van der Waals surface area contributed by atoms with E-state index in [1.54, 1.807) is 24.3 Å². The monoisotopic (exact) mass is 222 g/mol. The van der Waals surface area contributed by atoms with Crippen LogP contribution in [0.1, 0.15) is 15.9 Å². The molecule has 0 aromatic heterocycles. The zero-order valence-electron chi connectivity index (χ0n) is 9.30. The predicted octanol–water partition coefficient (Wildman–Crippen LogP) is 2.57. The van der Waals surface area contributed by atoms with Crippen molar-refractivity contribution in [2.45, 2.75) is 6.61 Å². The van der Waals surface area contributed by atoms with Crippen LogP contribution in [0, 0.1) is 0 Å². The van der Waals surface area contributed by atoms with Gasteiger partial charge in [-0.1, -0.05) is 30.3 Å². The Kier molecular flexibility index (Phi) is 3.60. The van der Waals surface area contributed by atoms with Crippen molar-refractivity contribution in [1.82, 2.24) is 0 Å². The first-order valence-corrected chi connectivity index (χ1v) is 5.32. The Morgan fingerprint density at radius 2 is 1.65 bits per heavy atom. The topological polar surface area (TPSA) is 26.3 Å². The summed E-state index contributed by atoms with van der Waals surface area (Å²) in [5, 5.41) is 0. The van der Waals surface area contributed by atoms with Gasteiger partial charge in [0, 0.05) is 5.56 Å². The van der Waals surface area contributed by atoms with E-state index in [9.17, 15) is 4.79 Å². The number of carbonyl (C=O) groups is 1. The molecular weight excluding hydrogens is 211 g/mol. The molecule has 0 atom stereocenters. The average Bonchev–Trinajstić information content (AvgIpc) is 2.38. The molecule has 0 bridgehead atoms. The third-order valence-electron chi connectivity index (χ3n) is 2.39. The normalized spacial score (nSPS) is 9.88. The van der Waals surface area contributed by atoms with Crippen molar-refractivity contribution in [3.05, 3.63) is 65.7 Å². The maximum atomic E-state index is 10.9. The molecule has 2 rings (SSSR count). The van der Waals surface area contributed by atoms with E-state index in [4.69, 9.17) is 12.6 Å². The Balaban J connectivity index is 1.98. The van der Waals surface area contributed by atoms with Gasteiger partial charge in [-0.15, -0.1) is 0 Å². The highest BCUT2D eigenvalue weighted by atomic mass is 16.5. The van der Waals surface area contributed by atoms with Gasteiger partial charge in [-0.25, -0.2) is 0 Å². The fourth-order valence-corrected chi connectivity index (χ4v) is 1.46. The van der Waals surface area contributed by atoms with E-state index in [0.717, 1.165) is 11.3 Å². The average molecular weight is 222 g/mol. The third-order valence-corrected chi connectivity index (χ3v) is 2.39. The van der Waals surface area contributed by atoms with Gasteiger partial charge in [0.15, 0.2) is 7.85 Å². The number of hydrogen-bond donors (Lipinski definition) is 0. The van der Waals surface area contributed by atoms with E-state index in [2.05, 4.69) is 0 Å². The Morgan fingerprint density at radius 1 is 1.00 bits per heavy atom. The van der Waals surface area contributed by atoms with Gasteiger partial charge in [0.25, 0.3) is 0 Å². The second-order valence-corrected chi connectivity index (χ2v) is 3.66. The van der Waals surface area contributed by atoms with E-state index < -0.39 is 5.68 Å². The van der Waals surface area contributed by atoms with Gasteiger partial charge in [-0.2, -0.15) is 0 Å². The molecular formula is C14H11BO2. The maximum Gasteiger partial charge on any atom is 0.175 e. The summed E-state index contributed by atoms with van der Waals surface area (Å²) in [4.78, 5) is 10.9. The smallest absolute Gasteiger partial charge is 0.175 e. The van der Waals surface area contributed by atoms with Crippen LogP contribution in [0.5, 0.6) is 5.75 Å². The Labute approximate surface area is 102 Å². The summed E-state index contributed by atoms with van der Waals surface area (Å²) in [7, 11) is 5.15. The zero-order valence-corrected chi connectivity index (χ0v) is 9.30. The van der Waals surface area contributed by atoms with Crippen LogP contribution in [0.4, 0.5) is 0 Å². The van der Waals surface area contributed by atoms with Gasteiger partial charge in [-0.3, -0.25) is 0 Å². The standard InChI is InChI=1S/C14H11BO2/c15-14(16)12-6-8-13(9-7-12)17-10-11-4-2-1-3-5-11/h1-9H,10H2. The van der Waals surface area contributed by atoms with Crippen molar-refractivity contribution in [1.29, 1.82) is 0 Å². The van der Waals surface area contributed by atoms with Crippen LogP contribution < -0.4 is 4.74 Å². The number of carbonyl (C=O) groups excluding carboxylic acids is 1. The van der Waals surface area contributed by atoms with Crippen LogP contribution in [0.3, 0.4) is 0 Å². The van der Waals surface area contributed by atoms with E-state index in [1.807, 2.05) is 30.3 Å². The molecule has 2 aromatic rings. The fourth-order valence-electron chi connectivity index (χ4n) is 1.46. The van der Waals surface area contributed by atoms with E-state index in [1.165, 1.54) is 0 Å². The molecule has 2 aromatic carbocycles. The predicted molar refractivity (Wildman–Crippen MR) is 67.3 cm³/mol. The number of rotatable bonds is 4. The van der Waals surface area contributed by atoms with Crippen LogP contribution in [0.15, 0.2) is 54.6 Å². The summed E-state index contributed by atoms with van der Waals surface area (Å²) in [6.07, 6.45) is 0. The summed E-state index contributed by atoms with van der Waals surface area (Å²) in [6, 6.07) is 16.7. The first-order chi connectivity index (χ1) is 8.25. The van der Waals surface area contributed by atoms with Crippen LogP contribution in [-0.2, 0) is 6.61 Å². The van der Waals surface area contributed by atoms with E-state index in [0.29, 0.717) is 12.2 Å². The SMILES string of the molecule is [B]C(=O)c1ccc(OCc2ccccc2)cc1. The van der Waals surface area contributed by atoms with Gasteiger partial charge in [0.1, 0.15) is 18.0 Å². The Bertz CT molecular complexity index is 491. The van der Waals surface area contributed by atoms with E-state index in [-0.39, 0.29) is 0 Å². The van der Waals surface area contributed by atoms with E-state index >= 15 is 0 Å². The summed E-state index contributed by atoms with van der Waals surface area (Å²) < 4.78 is 5.57. The lowest BCUT2D eigenvalue weighted by Gasteiger charge is -2.06. The number of hydrogen-bond acceptors (Lipinski definition) is 2. The van der Waals surface area contributed by atoms with Crippen LogP contribution in [-0.4, -0.2) is 13.5 Å². The highest BCUT2D eigenvalue weighted by molar-refractivity contribution is 6.62. The van der Waals surface area contributed by atoms with Crippen molar-refractivity contribution in [3.63, 3.8) is 0 Å². The van der Waals surface area contributed by atoms with Gasteiger partial charge in [0.2, 0.25) is 0 Å². The molecule has 2 radical (unpaired) electrons. The highest BCUT2D eigenvalue weighted by Crippen LogP contribution is 2.14. The molecule has 0 saturated carbocycles. The molecule has 0 amide bonds. The second-order valence-electron chi connectivity index (χ2n) is 3.66. The lowest BCUT2D eigenvalue weighted by Crippen LogP contribution is -1.98. The molecule has 17 heavy (non-hydrogen) atoms. The highest BCUT2D eigenvalue weighted by Gasteiger charge is 1.99. The largest absolute Gasteiger partial charge is 0.489 e. The minimum atomic E-state index is -0.431. The van der Waals surface area contributed by atoms with Crippen molar-refractivity contribution in [2.75, 3.05) is 0 Å². The third kappa shape index (κ3) is 3.21. The zero-order chi connectivity index (χ0) is 12.1. The van der Waals surface area contributed by atoms with Crippen molar-refractivity contribution >= 4 is 13.5 Å². The summed E-state index contributed by atoms with van der Waals surface area (Å²) in [5.74, 6) is 0.721. The second kappa shape index (κ2) is 5.35. The minimum Gasteiger partial charge on any atom is -0.489 e. The molecule has 0 fully saturated rings. The first-order valence-electron chi connectivity index (χ1n) is 5.32. The molecule has 0 heterocycles. The van der Waals surface area contributed by atoms with Gasteiger partial charge in [0.05, 0.1) is 0 Å². The van der Waals surface area contributed by atoms with Crippen LogP contribution >= 0.6 is 0 Å². The van der Waals surface area contributed by atoms with Crippen LogP contribution in [0.25, 0.3) is 0 Å². The van der Waals surface area contributed by atoms with Gasteiger partial charge in [-0.05, 0) is 29.8 Å². The number of ether oxygens (including phenoxy) is 1. The molecule has 0 saturated heterocycles. The summed E-state index contributed by atoms with van der Waals surface area (Å²) in [5.41, 5.74) is 1.16. The van der Waals surface area contributed by atoms with Crippen molar-refractivity contribution < 1.29 is 9.53 Å². The molecule has 2 nitrogen and oxygen atoms in total. The Morgan fingerprint density at radius 3 is 2.24 bits per heavy atom. The fraction of sp³-hybridized carbons (Fsp3) is 0.0714. The van der Waals surface area contributed by atoms with Crippen LogP contribution in [0.2, 0.25) is 0 Å². The molecule has 3 heteroatoms. The van der Waals surface area contributed by atoms with Gasteiger partial charge >= 0.3 is 0 Å². The summed E-state index contributed by atoms with van der Waals surface area (Å²) in [6.45, 7) is 0.511. The quantitative estimate of drug-likeness (QED) is 0.743. The molecule has 82 valence electrons. The molecule has 0 unspecified atom stereocenters. The molecule has 0 N–H and O–H groups in total. The maximum absolute atomic E-state index is 10.9. The molecule has 0 aliphatic rings. The Hall–Kier alpha value is -2.03. The molecule has 0 spiro atoms.